The second-order valence-corrected chi connectivity index (χ2v) is 11.3. The SMILES string of the molecule is Cc1nnc(C)c2c1N1CCc3ccccc3C1(CCc1ccccc1)C21c2ccccc2-c2ccccc21. The predicted molar refractivity (Wildman–Crippen MR) is 157 cm³/mol. The molecule has 3 aliphatic rings. The molecular formula is C36H31N3. The first kappa shape index (κ1) is 22.7. The molecule has 0 fully saturated rings. The molecule has 0 amide bonds. The van der Waals surface area contributed by atoms with Crippen LogP contribution in [0, 0.1) is 13.8 Å². The monoisotopic (exact) mass is 505 g/mol. The molecule has 5 aromatic rings. The van der Waals surface area contributed by atoms with Gasteiger partial charge in [-0.05, 0) is 72.1 Å². The molecule has 4 aromatic carbocycles. The second kappa shape index (κ2) is 8.13. The summed E-state index contributed by atoms with van der Waals surface area (Å²) >= 11 is 0. The van der Waals surface area contributed by atoms with E-state index in [0.29, 0.717) is 0 Å². The van der Waals surface area contributed by atoms with E-state index in [-0.39, 0.29) is 5.54 Å². The van der Waals surface area contributed by atoms with Gasteiger partial charge >= 0.3 is 0 Å². The highest BCUT2D eigenvalue weighted by molar-refractivity contribution is 5.91. The van der Waals surface area contributed by atoms with Crippen molar-refractivity contribution >= 4 is 5.69 Å². The molecule has 2 aliphatic heterocycles. The van der Waals surface area contributed by atoms with Crippen LogP contribution in [0.5, 0.6) is 0 Å². The predicted octanol–water partition coefficient (Wildman–Crippen LogP) is 7.31. The first-order valence-electron chi connectivity index (χ1n) is 14.1. The van der Waals surface area contributed by atoms with Crippen LogP contribution in [0.4, 0.5) is 5.69 Å². The van der Waals surface area contributed by atoms with Gasteiger partial charge in [-0.3, -0.25) is 0 Å². The van der Waals surface area contributed by atoms with Gasteiger partial charge in [0.1, 0.15) is 0 Å². The molecule has 3 heteroatoms. The van der Waals surface area contributed by atoms with E-state index in [4.69, 9.17) is 10.2 Å². The third-order valence-electron chi connectivity index (χ3n) is 9.66. The van der Waals surface area contributed by atoms with E-state index in [2.05, 4.69) is 122 Å². The maximum atomic E-state index is 4.80. The molecule has 39 heavy (non-hydrogen) atoms. The van der Waals surface area contributed by atoms with E-state index in [1.807, 2.05) is 0 Å². The molecule has 3 nitrogen and oxygen atoms in total. The minimum atomic E-state index is -0.397. The molecule has 0 saturated heterocycles. The van der Waals surface area contributed by atoms with Gasteiger partial charge in [-0.25, -0.2) is 0 Å². The Bertz CT molecular complexity index is 1710. The zero-order valence-electron chi connectivity index (χ0n) is 22.5. The summed E-state index contributed by atoms with van der Waals surface area (Å²) in [6.45, 7) is 5.29. The second-order valence-electron chi connectivity index (χ2n) is 11.3. The number of hydrogen-bond acceptors (Lipinski definition) is 3. The average molecular weight is 506 g/mol. The van der Waals surface area contributed by atoms with Gasteiger partial charge in [0.25, 0.3) is 0 Å². The van der Waals surface area contributed by atoms with E-state index in [1.54, 1.807) is 0 Å². The fourth-order valence-corrected chi connectivity index (χ4v) is 8.38. The minimum Gasteiger partial charge on any atom is -0.358 e. The van der Waals surface area contributed by atoms with E-state index in [0.717, 1.165) is 37.2 Å². The highest BCUT2D eigenvalue weighted by Gasteiger charge is 2.68. The molecule has 0 saturated carbocycles. The number of anilines is 1. The topological polar surface area (TPSA) is 29.0 Å². The number of aromatic nitrogens is 2. The number of aryl methyl sites for hydroxylation is 3. The number of hydrogen-bond donors (Lipinski definition) is 0. The summed E-state index contributed by atoms with van der Waals surface area (Å²) in [7, 11) is 0. The molecule has 1 unspecified atom stereocenters. The van der Waals surface area contributed by atoms with Gasteiger partial charge in [0.2, 0.25) is 0 Å². The quantitative estimate of drug-likeness (QED) is 0.257. The molecule has 190 valence electrons. The van der Waals surface area contributed by atoms with Gasteiger partial charge in [-0.2, -0.15) is 10.2 Å². The number of benzene rings is 4. The smallest absolute Gasteiger partial charge is 0.0840 e. The van der Waals surface area contributed by atoms with Crippen LogP contribution < -0.4 is 4.90 Å². The van der Waals surface area contributed by atoms with Crippen LogP contribution in [0.25, 0.3) is 11.1 Å². The molecule has 0 bridgehead atoms. The molecule has 1 spiro atoms. The molecule has 3 heterocycles. The van der Waals surface area contributed by atoms with Crippen molar-refractivity contribution in [2.45, 2.75) is 44.1 Å². The summed E-state index contributed by atoms with van der Waals surface area (Å²) < 4.78 is 0. The summed E-state index contributed by atoms with van der Waals surface area (Å²) in [5, 5.41) is 9.52. The Balaban J connectivity index is 1.56. The first-order valence-corrected chi connectivity index (χ1v) is 14.1. The molecule has 1 aliphatic carbocycles. The lowest BCUT2D eigenvalue weighted by Gasteiger charge is -2.54. The summed E-state index contributed by atoms with van der Waals surface area (Å²) in [6.07, 6.45) is 3.01. The summed E-state index contributed by atoms with van der Waals surface area (Å²) in [5.41, 5.74) is 13.8. The molecule has 1 atom stereocenters. The fraction of sp³-hybridized carbons (Fsp3) is 0.222. The summed E-state index contributed by atoms with van der Waals surface area (Å²) in [6, 6.07) is 38.5. The van der Waals surface area contributed by atoms with E-state index in [9.17, 15) is 0 Å². The van der Waals surface area contributed by atoms with Gasteiger partial charge in [0, 0.05) is 12.1 Å². The fourth-order valence-electron chi connectivity index (χ4n) is 8.38. The molecular weight excluding hydrogens is 474 g/mol. The normalized spacial score (nSPS) is 19.3. The zero-order valence-corrected chi connectivity index (χ0v) is 22.5. The van der Waals surface area contributed by atoms with Crippen LogP contribution in [0.15, 0.2) is 103 Å². The summed E-state index contributed by atoms with van der Waals surface area (Å²) in [4.78, 5) is 2.75. The van der Waals surface area contributed by atoms with Crippen molar-refractivity contribution < 1.29 is 0 Å². The van der Waals surface area contributed by atoms with Crippen molar-refractivity contribution in [2.24, 2.45) is 0 Å². The van der Waals surface area contributed by atoms with Crippen LogP contribution in [-0.2, 0) is 23.8 Å². The maximum Gasteiger partial charge on any atom is 0.0840 e. The summed E-state index contributed by atoms with van der Waals surface area (Å²) in [5.74, 6) is 0. The van der Waals surface area contributed by atoms with Crippen LogP contribution >= 0.6 is 0 Å². The van der Waals surface area contributed by atoms with E-state index >= 15 is 0 Å². The highest BCUT2D eigenvalue weighted by atomic mass is 15.3. The lowest BCUT2D eigenvalue weighted by atomic mass is 9.56. The third kappa shape index (κ3) is 2.73. The Morgan fingerprint density at radius 1 is 0.667 bits per heavy atom. The zero-order chi connectivity index (χ0) is 26.2. The van der Waals surface area contributed by atoms with E-state index in [1.165, 1.54) is 50.2 Å². The van der Waals surface area contributed by atoms with Gasteiger partial charge in [-0.1, -0.05) is 103 Å². The molecule has 8 rings (SSSR count). The molecule has 1 aromatic heterocycles. The van der Waals surface area contributed by atoms with Crippen molar-refractivity contribution in [3.63, 3.8) is 0 Å². The highest BCUT2D eigenvalue weighted by Crippen LogP contribution is 2.71. The van der Waals surface area contributed by atoms with Crippen molar-refractivity contribution in [3.8, 4) is 11.1 Å². The van der Waals surface area contributed by atoms with Crippen LogP contribution in [-0.4, -0.2) is 16.7 Å². The van der Waals surface area contributed by atoms with Crippen molar-refractivity contribution in [3.05, 3.63) is 148 Å². The Kier molecular flexibility index (Phi) is 4.74. The van der Waals surface area contributed by atoms with Crippen LogP contribution in [0.1, 0.15) is 51.2 Å². The Morgan fingerprint density at radius 3 is 1.97 bits per heavy atom. The Hall–Kier alpha value is -4.24. The third-order valence-corrected chi connectivity index (χ3v) is 9.66. The Labute approximate surface area is 230 Å². The van der Waals surface area contributed by atoms with Crippen molar-refractivity contribution in [1.29, 1.82) is 0 Å². The first-order chi connectivity index (χ1) is 19.2. The lowest BCUT2D eigenvalue weighted by Crippen LogP contribution is -2.59. The lowest BCUT2D eigenvalue weighted by molar-refractivity contribution is 0.276. The standard InChI is InChI=1S/C36H31N3/c1-24-33-34(25(2)38-37-24)39-23-21-27-14-6-9-17-30(27)35(39,22-20-26-12-4-3-5-13-26)36(33)31-18-10-7-15-28(31)29-16-8-11-19-32(29)36/h3-19H,20-23H2,1-2H3. The molecule has 0 N–H and O–H groups in total. The largest absolute Gasteiger partial charge is 0.358 e. The number of fused-ring (bicyclic) bond motifs is 12. The van der Waals surface area contributed by atoms with E-state index < -0.39 is 5.41 Å². The number of rotatable bonds is 3. The van der Waals surface area contributed by atoms with Crippen molar-refractivity contribution in [2.75, 3.05) is 11.4 Å². The van der Waals surface area contributed by atoms with Gasteiger partial charge in [-0.15, -0.1) is 0 Å². The average Bonchev–Trinajstić information content (AvgIpc) is 3.45. The van der Waals surface area contributed by atoms with Gasteiger partial charge < -0.3 is 4.90 Å². The van der Waals surface area contributed by atoms with Crippen LogP contribution in [0.2, 0.25) is 0 Å². The molecule has 0 radical (unpaired) electrons. The number of nitrogens with zero attached hydrogens (tertiary/aromatic N) is 3. The maximum absolute atomic E-state index is 4.80. The Morgan fingerprint density at radius 2 is 1.26 bits per heavy atom. The van der Waals surface area contributed by atoms with Crippen molar-refractivity contribution in [1.82, 2.24) is 10.2 Å². The van der Waals surface area contributed by atoms with Gasteiger partial charge in [0.15, 0.2) is 0 Å². The minimum absolute atomic E-state index is 0.317. The van der Waals surface area contributed by atoms with Gasteiger partial charge in [0.05, 0.1) is 28.0 Å². The van der Waals surface area contributed by atoms with Crippen LogP contribution in [0.3, 0.4) is 0 Å².